The molecule has 0 fully saturated rings. The lowest BCUT2D eigenvalue weighted by Gasteiger charge is -2.16. The van der Waals surface area contributed by atoms with E-state index in [1.165, 1.54) is 5.56 Å². The minimum Gasteiger partial charge on any atom is -0.390 e. The number of hydrogen-bond acceptors (Lipinski definition) is 1. The summed E-state index contributed by atoms with van der Waals surface area (Å²) >= 11 is 0. The Morgan fingerprint density at radius 1 is 1.08 bits per heavy atom. The van der Waals surface area contributed by atoms with E-state index in [9.17, 15) is 5.11 Å². The van der Waals surface area contributed by atoms with E-state index in [4.69, 9.17) is 0 Å². The first kappa shape index (κ1) is 12.2. The second-order valence-electron chi connectivity index (χ2n) is 3.47. The highest BCUT2D eigenvalue weighted by atomic mass is 16.3. The first-order valence-electron chi connectivity index (χ1n) is 4.84. The van der Waals surface area contributed by atoms with Crippen LogP contribution < -0.4 is 0 Å². The fraction of sp³-hybridized carbons (Fsp3) is 0.500. The van der Waals surface area contributed by atoms with Crippen LogP contribution in [-0.2, 0) is 6.42 Å². The maximum atomic E-state index is 9.47. The molecular formula is C12H20O. The molecule has 0 aliphatic carbocycles. The highest BCUT2D eigenvalue weighted by Gasteiger charge is 2.12. The van der Waals surface area contributed by atoms with Gasteiger partial charge in [-0.15, -0.1) is 0 Å². The van der Waals surface area contributed by atoms with Crippen LogP contribution in [0.3, 0.4) is 0 Å². The predicted molar refractivity (Wildman–Crippen MR) is 57.8 cm³/mol. The van der Waals surface area contributed by atoms with Gasteiger partial charge in [-0.25, -0.2) is 0 Å². The van der Waals surface area contributed by atoms with Gasteiger partial charge in [0.1, 0.15) is 0 Å². The Hall–Kier alpha value is -0.820. The van der Waals surface area contributed by atoms with Gasteiger partial charge in [-0.1, -0.05) is 44.2 Å². The van der Waals surface area contributed by atoms with Gasteiger partial charge in [0.15, 0.2) is 0 Å². The van der Waals surface area contributed by atoms with Gasteiger partial charge in [0, 0.05) is 6.42 Å². The van der Waals surface area contributed by atoms with E-state index in [-0.39, 0.29) is 0 Å². The van der Waals surface area contributed by atoms with Crippen molar-refractivity contribution in [1.29, 1.82) is 0 Å². The normalized spacial score (nSPS) is 10.2. The fourth-order valence-corrected chi connectivity index (χ4v) is 1.10. The van der Waals surface area contributed by atoms with Gasteiger partial charge in [0.05, 0.1) is 5.60 Å². The van der Waals surface area contributed by atoms with Crippen LogP contribution >= 0.6 is 0 Å². The summed E-state index contributed by atoms with van der Waals surface area (Å²) in [5.41, 5.74) is 0.585. The molecule has 0 bridgehead atoms. The van der Waals surface area contributed by atoms with Crippen LogP contribution in [-0.4, -0.2) is 10.7 Å². The molecule has 1 N–H and O–H groups in total. The Morgan fingerprint density at radius 2 is 1.54 bits per heavy atom. The quantitative estimate of drug-likeness (QED) is 0.741. The molecule has 74 valence electrons. The van der Waals surface area contributed by atoms with Gasteiger partial charge < -0.3 is 5.11 Å². The summed E-state index contributed by atoms with van der Waals surface area (Å²) in [5.74, 6) is 0. The van der Waals surface area contributed by atoms with Crippen molar-refractivity contribution in [2.24, 2.45) is 0 Å². The maximum absolute atomic E-state index is 9.47. The maximum Gasteiger partial charge on any atom is 0.0631 e. The van der Waals surface area contributed by atoms with E-state index in [0.717, 1.165) is 0 Å². The summed E-state index contributed by atoms with van der Waals surface area (Å²) in [6.07, 6.45) is 0.716. The third-order valence-electron chi connectivity index (χ3n) is 1.48. The Balaban J connectivity index is 0.000000671. The minimum absolute atomic E-state index is 0.596. The summed E-state index contributed by atoms with van der Waals surface area (Å²) in [7, 11) is 0. The number of aliphatic hydroxyl groups is 1. The smallest absolute Gasteiger partial charge is 0.0631 e. The molecule has 1 aromatic carbocycles. The number of benzene rings is 1. The van der Waals surface area contributed by atoms with E-state index in [1.54, 1.807) is 0 Å². The van der Waals surface area contributed by atoms with Crippen molar-refractivity contribution in [3.63, 3.8) is 0 Å². The van der Waals surface area contributed by atoms with Crippen molar-refractivity contribution in [2.45, 2.75) is 39.7 Å². The molecule has 0 heterocycles. The Labute approximate surface area is 81.4 Å². The van der Waals surface area contributed by atoms with Crippen LogP contribution in [0.15, 0.2) is 30.3 Å². The zero-order chi connectivity index (χ0) is 10.3. The van der Waals surface area contributed by atoms with Crippen LogP contribution in [0.2, 0.25) is 0 Å². The van der Waals surface area contributed by atoms with Crippen molar-refractivity contribution in [3.05, 3.63) is 35.9 Å². The summed E-state index contributed by atoms with van der Waals surface area (Å²) in [6.45, 7) is 7.64. The Morgan fingerprint density at radius 3 is 1.92 bits per heavy atom. The minimum atomic E-state index is -0.596. The van der Waals surface area contributed by atoms with Gasteiger partial charge in [-0.3, -0.25) is 0 Å². The van der Waals surface area contributed by atoms with Crippen molar-refractivity contribution >= 4 is 0 Å². The highest BCUT2D eigenvalue weighted by Crippen LogP contribution is 2.10. The van der Waals surface area contributed by atoms with Gasteiger partial charge in [-0.2, -0.15) is 0 Å². The molecule has 0 aliphatic rings. The van der Waals surface area contributed by atoms with Gasteiger partial charge >= 0.3 is 0 Å². The lowest BCUT2D eigenvalue weighted by Crippen LogP contribution is -2.21. The van der Waals surface area contributed by atoms with E-state index >= 15 is 0 Å². The average molecular weight is 180 g/mol. The summed E-state index contributed by atoms with van der Waals surface area (Å²) in [4.78, 5) is 0. The van der Waals surface area contributed by atoms with Crippen molar-refractivity contribution < 1.29 is 5.11 Å². The van der Waals surface area contributed by atoms with Crippen LogP contribution in [0, 0.1) is 0 Å². The van der Waals surface area contributed by atoms with E-state index in [0.29, 0.717) is 6.42 Å². The third-order valence-corrected chi connectivity index (χ3v) is 1.48. The van der Waals surface area contributed by atoms with Crippen LogP contribution in [0.5, 0.6) is 0 Å². The molecule has 0 atom stereocenters. The van der Waals surface area contributed by atoms with Gasteiger partial charge in [0.25, 0.3) is 0 Å². The van der Waals surface area contributed by atoms with Crippen molar-refractivity contribution in [1.82, 2.24) is 0 Å². The van der Waals surface area contributed by atoms with Gasteiger partial charge in [-0.05, 0) is 19.4 Å². The van der Waals surface area contributed by atoms with E-state index in [1.807, 2.05) is 58.0 Å². The predicted octanol–water partition coefficient (Wildman–Crippen LogP) is 3.03. The molecular weight excluding hydrogens is 160 g/mol. The number of hydrogen-bond donors (Lipinski definition) is 1. The average Bonchev–Trinajstić information content (AvgIpc) is 2.07. The molecule has 0 radical (unpaired) electrons. The molecule has 0 unspecified atom stereocenters. The second kappa shape index (κ2) is 5.76. The second-order valence-corrected chi connectivity index (χ2v) is 3.47. The molecule has 0 spiro atoms. The first-order chi connectivity index (χ1) is 6.08. The largest absolute Gasteiger partial charge is 0.390 e. The molecule has 0 amide bonds. The fourth-order valence-electron chi connectivity index (χ4n) is 1.10. The van der Waals surface area contributed by atoms with Crippen molar-refractivity contribution in [2.75, 3.05) is 0 Å². The monoisotopic (exact) mass is 180 g/mol. The highest BCUT2D eigenvalue weighted by molar-refractivity contribution is 5.16. The van der Waals surface area contributed by atoms with Crippen LogP contribution in [0.4, 0.5) is 0 Å². The molecule has 13 heavy (non-hydrogen) atoms. The zero-order valence-corrected chi connectivity index (χ0v) is 9.04. The van der Waals surface area contributed by atoms with Gasteiger partial charge in [0.2, 0.25) is 0 Å². The molecule has 1 nitrogen and oxygen atoms in total. The molecule has 1 aromatic rings. The molecule has 1 rings (SSSR count). The van der Waals surface area contributed by atoms with E-state index in [2.05, 4.69) is 0 Å². The Bertz CT molecular complexity index is 208. The molecule has 0 saturated carbocycles. The third kappa shape index (κ3) is 6.35. The zero-order valence-electron chi connectivity index (χ0n) is 9.04. The molecule has 1 heteroatoms. The summed E-state index contributed by atoms with van der Waals surface area (Å²) < 4.78 is 0. The standard InChI is InChI=1S/C10H14O.C2H6/c1-10(2,11)8-9-6-4-3-5-7-9;1-2/h3-7,11H,8H2,1-2H3;1-2H3. The first-order valence-corrected chi connectivity index (χ1v) is 4.84. The lowest BCUT2D eigenvalue weighted by molar-refractivity contribution is 0.0810. The molecule has 0 saturated heterocycles. The molecule has 0 aliphatic heterocycles. The van der Waals surface area contributed by atoms with Crippen molar-refractivity contribution in [3.8, 4) is 0 Å². The lowest BCUT2D eigenvalue weighted by atomic mass is 9.99. The number of rotatable bonds is 2. The van der Waals surface area contributed by atoms with Crippen LogP contribution in [0.25, 0.3) is 0 Å². The van der Waals surface area contributed by atoms with Crippen LogP contribution in [0.1, 0.15) is 33.3 Å². The summed E-state index contributed by atoms with van der Waals surface area (Å²) in [5, 5.41) is 9.47. The SMILES string of the molecule is CC.CC(C)(O)Cc1ccccc1. The topological polar surface area (TPSA) is 20.2 Å². The van der Waals surface area contributed by atoms with E-state index < -0.39 is 5.60 Å². The molecule has 0 aromatic heterocycles. The summed E-state index contributed by atoms with van der Waals surface area (Å²) in [6, 6.07) is 10.0. The Kier molecular flexibility index (Phi) is 5.40.